The molecule has 0 aliphatic heterocycles. The summed E-state index contributed by atoms with van der Waals surface area (Å²) in [5, 5.41) is 0. The quantitative estimate of drug-likeness (QED) is 0.864. The molecule has 2 N–H and O–H groups in total. The van der Waals surface area contributed by atoms with Crippen LogP contribution in [0, 0.1) is 0 Å². The molecule has 1 atom stereocenters. The Morgan fingerprint density at radius 3 is 2.57 bits per heavy atom. The molecule has 0 aromatic heterocycles. The highest BCUT2D eigenvalue weighted by molar-refractivity contribution is 5.38. The van der Waals surface area contributed by atoms with Crippen LogP contribution in [0.5, 0.6) is 5.75 Å². The SMILES string of the molecule is CCN(Cc1cc(C(C)N)ccc1OC)C1CCCCC1. The van der Waals surface area contributed by atoms with Gasteiger partial charge in [0, 0.05) is 24.2 Å². The fourth-order valence-electron chi connectivity index (χ4n) is 3.37. The molecule has 0 heterocycles. The Morgan fingerprint density at radius 2 is 2.00 bits per heavy atom. The molecule has 1 saturated carbocycles. The molecule has 2 rings (SSSR count). The molecule has 3 nitrogen and oxygen atoms in total. The summed E-state index contributed by atoms with van der Waals surface area (Å²) in [5.74, 6) is 0.980. The van der Waals surface area contributed by atoms with Gasteiger partial charge in [0.25, 0.3) is 0 Å². The molecule has 0 spiro atoms. The minimum atomic E-state index is 0.0689. The predicted molar refractivity (Wildman–Crippen MR) is 88.6 cm³/mol. The van der Waals surface area contributed by atoms with E-state index in [1.54, 1.807) is 7.11 Å². The van der Waals surface area contributed by atoms with Gasteiger partial charge in [0.1, 0.15) is 5.75 Å². The number of ether oxygens (including phenoxy) is 1. The van der Waals surface area contributed by atoms with Crippen molar-refractivity contribution in [2.45, 2.75) is 64.6 Å². The number of nitrogens with two attached hydrogens (primary N) is 1. The lowest BCUT2D eigenvalue weighted by atomic mass is 9.93. The van der Waals surface area contributed by atoms with Crippen LogP contribution in [-0.4, -0.2) is 24.6 Å². The topological polar surface area (TPSA) is 38.5 Å². The molecule has 1 aliphatic rings. The Morgan fingerprint density at radius 1 is 1.29 bits per heavy atom. The van der Waals surface area contributed by atoms with E-state index in [0.29, 0.717) is 0 Å². The van der Waals surface area contributed by atoms with Crippen molar-refractivity contribution in [3.8, 4) is 5.75 Å². The van der Waals surface area contributed by atoms with Crippen LogP contribution in [0.3, 0.4) is 0 Å². The van der Waals surface area contributed by atoms with Gasteiger partial charge in [0.2, 0.25) is 0 Å². The van der Waals surface area contributed by atoms with Crippen LogP contribution in [-0.2, 0) is 6.54 Å². The molecular formula is C18H30N2O. The lowest BCUT2D eigenvalue weighted by Crippen LogP contribution is -2.36. The summed E-state index contributed by atoms with van der Waals surface area (Å²) in [4.78, 5) is 2.60. The van der Waals surface area contributed by atoms with Gasteiger partial charge in [0.05, 0.1) is 7.11 Å². The largest absolute Gasteiger partial charge is 0.496 e. The minimum absolute atomic E-state index is 0.0689. The van der Waals surface area contributed by atoms with E-state index < -0.39 is 0 Å². The summed E-state index contributed by atoms with van der Waals surface area (Å²) >= 11 is 0. The molecular weight excluding hydrogens is 260 g/mol. The summed E-state index contributed by atoms with van der Waals surface area (Å²) < 4.78 is 5.55. The van der Waals surface area contributed by atoms with Crippen molar-refractivity contribution in [1.29, 1.82) is 0 Å². The number of hydrogen-bond acceptors (Lipinski definition) is 3. The Kier molecular flexibility index (Phi) is 6.07. The Balaban J connectivity index is 2.16. The third kappa shape index (κ3) is 4.21. The zero-order chi connectivity index (χ0) is 15.2. The van der Waals surface area contributed by atoms with Crippen LogP contribution < -0.4 is 10.5 Å². The van der Waals surface area contributed by atoms with Gasteiger partial charge in [-0.3, -0.25) is 4.90 Å². The van der Waals surface area contributed by atoms with Crippen molar-refractivity contribution in [2.75, 3.05) is 13.7 Å². The molecule has 1 fully saturated rings. The van der Waals surface area contributed by atoms with E-state index in [0.717, 1.165) is 24.9 Å². The summed E-state index contributed by atoms with van der Waals surface area (Å²) in [7, 11) is 1.75. The van der Waals surface area contributed by atoms with Crippen molar-refractivity contribution < 1.29 is 4.74 Å². The second-order valence-corrected chi connectivity index (χ2v) is 6.21. The molecule has 0 amide bonds. The van der Waals surface area contributed by atoms with Crippen LogP contribution in [0.25, 0.3) is 0 Å². The van der Waals surface area contributed by atoms with Gasteiger partial charge in [-0.1, -0.05) is 32.3 Å². The van der Waals surface area contributed by atoms with Crippen LogP contribution in [0.1, 0.15) is 63.1 Å². The van der Waals surface area contributed by atoms with E-state index in [1.807, 2.05) is 6.92 Å². The zero-order valence-corrected chi connectivity index (χ0v) is 13.8. The highest BCUT2D eigenvalue weighted by Crippen LogP contribution is 2.28. The van der Waals surface area contributed by atoms with Gasteiger partial charge in [-0.25, -0.2) is 0 Å². The second kappa shape index (κ2) is 7.81. The molecule has 3 heteroatoms. The van der Waals surface area contributed by atoms with Crippen LogP contribution >= 0.6 is 0 Å². The monoisotopic (exact) mass is 290 g/mol. The van der Waals surface area contributed by atoms with Gasteiger partial charge in [-0.2, -0.15) is 0 Å². The van der Waals surface area contributed by atoms with Gasteiger partial charge in [0.15, 0.2) is 0 Å². The van der Waals surface area contributed by atoms with Gasteiger partial charge >= 0.3 is 0 Å². The fourth-order valence-corrected chi connectivity index (χ4v) is 3.37. The van der Waals surface area contributed by atoms with Gasteiger partial charge in [-0.15, -0.1) is 0 Å². The second-order valence-electron chi connectivity index (χ2n) is 6.21. The normalized spacial score (nSPS) is 18.0. The van der Waals surface area contributed by atoms with Gasteiger partial charge < -0.3 is 10.5 Å². The molecule has 0 radical (unpaired) electrons. The maximum atomic E-state index is 6.03. The van der Waals surface area contributed by atoms with E-state index in [1.165, 1.54) is 43.2 Å². The van der Waals surface area contributed by atoms with Crippen LogP contribution in [0.4, 0.5) is 0 Å². The third-order valence-corrected chi connectivity index (χ3v) is 4.70. The maximum absolute atomic E-state index is 6.03. The molecule has 1 aromatic carbocycles. The van der Waals surface area contributed by atoms with Crippen molar-refractivity contribution in [3.63, 3.8) is 0 Å². The first-order chi connectivity index (χ1) is 10.2. The molecule has 0 saturated heterocycles. The third-order valence-electron chi connectivity index (χ3n) is 4.70. The molecule has 21 heavy (non-hydrogen) atoms. The number of benzene rings is 1. The van der Waals surface area contributed by atoms with Crippen LogP contribution in [0.15, 0.2) is 18.2 Å². The molecule has 1 unspecified atom stereocenters. The standard InChI is InChI=1S/C18H30N2O/c1-4-20(17-8-6-5-7-9-17)13-16-12-15(14(2)19)10-11-18(16)21-3/h10-12,14,17H,4-9,13,19H2,1-3H3. The van der Waals surface area contributed by atoms with E-state index in [-0.39, 0.29) is 6.04 Å². The smallest absolute Gasteiger partial charge is 0.123 e. The molecule has 0 bridgehead atoms. The summed E-state index contributed by atoms with van der Waals surface area (Å²) in [6.07, 6.45) is 6.82. The Hall–Kier alpha value is -1.06. The fraction of sp³-hybridized carbons (Fsp3) is 0.667. The number of nitrogens with zero attached hydrogens (tertiary/aromatic N) is 1. The Labute approximate surface area is 129 Å². The first kappa shape index (κ1) is 16.3. The van der Waals surface area contributed by atoms with E-state index in [4.69, 9.17) is 10.5 Å². The first-order valence-corrected chi connectivity index (χ1v) is 8.32. The van der Waals surface area contributed by atoms with E-state index in [9.17, 15) is 0 Å². The number of rotatable bonds is 6. The Bertz CT molecular complexity index is 439. The average molecular weight is 290 g/mol. The van der Waals surface area contributed by atoms with Crippen LogP contribution in [0.2, 0.25) is 0 Å². The van der Waals surface area contributed by atoms with Crippen molar-refractivity contribution in [3.05, 3.63) is 29.3 Å². The predicted octanol–water partition coefficient (Wildman–Crippen LogP) is 3.87. The molecule has 1 aliphatic carbocycles. The van der Waals surface area contributed by atoms with E-state index in [2.05, 4.69) is 30.0 Å². The van der Waals surface area contributed by atoms with E-state index >= 15 is 0 Å². The molecule has 118 valence electrons. The summed E-state index contributed by atoms with van der Waals surface area (Å²) in [6, 6.07) is 7.15. The number of methoxy groups -OCH3 is 1. The summed E-state index contributed by atoms with van der Waals surface area (Å²) in [6.45, 7) is 6.35. The highest BCUT2D eigenvalue weighted by Gasteiger charge is 2.21. The minimum Gasteiger partial charge on any atom is -0.496 e. The van der Waals surface area contributed by atoms with Crippen molar-refractivity contribution in [2.24, 2.45) is 5.73 Å². The van der Waals surface area contributed by atoms with Crippen molar-refractivity contribution in [1.82, 2.24) is 4.90 Å². The molecule has 1 aromatic rings. The zero-order valence-electron chi connectivity index (χ0n) is 13.8. The lowest BCUT2D eigenvalue weighted by Gasteiger charge is -2.34. The summed E-state index contributed by atoms with van der Waals surface area (Å²) in [5.41, 5.74) is 8.48. The number of hydrogen-bond donors (Lipinski definition) is 1. The first-order valence-electron chi connectivity index (χ1n) is 8.32. The maximum Gasteiger partial charge on any atom is 0.123 e. The van der Waals surface area contributed by atoms with Crippen molar-refractivity contribution >= 4 is 0 Å². The average Bonchev–Trinajstić information content (AvgIpc) is 2.53. The lowest BCUT2D eigenvalue weighted by molar-refractivity contribution is 0.154. The van der Waals surface area contributed by atoms with Gasteiger partial charge in [-0.05, 0) is 44.0 Å². The highest BCUT2D eigenvalue weighted by atomic mass is 16.5.